The minimum absolute atomic E-state index is 0.0133. The van der Waals surface area contributed by atoms with Gasteiger partial charge in [0.2, 0.25) is 0 Å². The van der Waals surface area contributed by atoms with Crippen LogP contribution in [0, 0.1) is 0 Å². The fourth-order valence-electron chi connectivity index (χ4n) is 0.585. The average molecular weight is 112 g/mol. The molecule has 0 amide bonds. The zero-order valence-corrected chi connectivity index (χ0v) is 4.72. The van der Waals surface area contributed by atoms with E-state index in [2.05, 4.69) is 0 Å². The zero-order valence-electron chi connectivity index (χ0n) is 4.72. The third-order valence-corrected chi connectivity index (χ3v) is 1.23. The standard InChI is InChI=1S/C6H8O2/c1-2-5(7)4-3-6(4)8/h3,5,7H,2H2,1H3. The number of rotatable bonds is 2. The van der Waals surface area contributed by atoms with Gasteiger partial charge in [-0.3, -0.25) is 4.79 Å². The molecule has 1 aromatic carbocycles. The van der Waals surface area contributed by atoms with Gasteiger partial charge in [0.1, 0.15) is 0 Å². The van der Waals surface area contributed by atoms with Gasteiger partial charge in [0.15, 0.2) is 5.43 Å². The molecule has 1 rings (SSSR count). The van der Waals surface area contributed by atoms with Crippen molar-refractivity contribution in [1.29, 1.82) is 0 Å². The van der Waals surface area contributed by atoms with E-state index in [1.54, 1.807) is 0 Å². The SMILES string of the molecule is CCC(O)c1cc1=O. The molecule has 0 saturated carbocycles. The maximum Gasteiger partial charge on any atom is 0.185 e. The maximum absolute atomic E-state index is 10.2. The molecule has 0 aromatic heterocycles. The van der Waals surface area contributed by atoms with Crippen LogP contribution in [0.3, 0.4) is 0 Å². The molecule has 1 atom stereocenters. The van der Waals surface area contributed by atoms with Gasteiger partial charge in [-0.25, -0.2) is 0 Å². The molecule has 0 aliphatic rings. The summed E-state index contributed by atoms with van der Waals surface area (Å²) in [6.07, 6.45) is 0.139. The first-order chi connectivity index (χ1) is 3.75. The Morgan fingerprint density at radius 1 is 1.88 bits per heavy atom. The molecule has 1 unspecified atom stereocenters. The number of aliphatic hydroxyl groups excluding tert-OH is 1. The molecule has 0 bridgehead atoms. The normalized spacial score (nSPS) is 14.8. The monoisotopic (exact) mass is 112 g/mol. The smallest absolute Gasteiger partial charge is 0.185 e. The molecule has 1 N–H and O–H groups in total. The van der Waals surface area contributed by atoms with E-state index in [1.165, 1.54) is 6.07 Å². The van der Waals surface area contributed by atoms with Gasteiger partial charge in [0, 0.05) is 5.56 Å². The number of hydrogen-bond donors (Lipinski definition) is 1. The van der Waals surface area contributed by atoms with Crippen LogP contribution in [-0.2, 0) is 0 Å². The van der Waals surface area contributed by atoms with Crippen molar-refractivity contribution in [2.24, 2.45) is 0 Å². The Morgan fingerprint density at radius 2 is 2.38 bits per heavy atom. The van der Waals surface area contributed by atoms with Crippen LogP contribution in [0.15, 0.2) is 10.9 Å². The lowest BCUT2D eigenvalue weighted by Crippen LogP contribution is -1.91. The first-order valence-corrected chi connectivity index (χ1v) is 2.69. The third-order valence-electron chi connectivity index (χ3n) is 1.23. The van der Waals surface area contributed by atoms with Crippen LogP contribution in [0.2, 0.25) is 0 Å². The molecule has 44 valence electrons. The van der Waals surface area contributed by atoms with E-state index in [9.17, 15) is 4.79 Å². The Balaban J connectivity index is 2.53. The predicted octanol–water partition coefficient (Wildman–Crippen LogP) is 0.366. The van der Waals surface area contributed by atoms with E-state index in [4.69, 9.17) is 5.11 Å². The highest BCUT2D eigenvalue weighted by atomic mass is 16.3. The topological polar surface area (TPSA) is 37.3 Å². The van der Waals surface area contributed by atoms with Gasteiger partial charge in [-0.1, -0.05) is 6.92 Å². The van der Waals surface area contributed by atoms with Crippen molar-refractivity contribution in [1.82, 2.24) is 0 Å². The van der Waals surface area contributed by atoms with E-state index in [-0.39, 0.29) is 5.43 Å². The Labute approximate surface area is 47.5 Å². The fraction of sp³-hybridized carbons (Fsp3) is 0.500. The van der Waals surface area contributed by atoms with Gasteiger partial charge < -0.3 is 5.11 Å². The summed E-state index contributed by atoms with van der Waals surface area (Å²) >= 11 is 0. The summed E-state index contributed by atoms with van der Waals surface area (Å²) in [5.74, 6) is 0. The number of aliphatic hydroxyl groups is 1. The summed E-state index contributed by atoms with van der Waals surface area (Å²) in [5.41, 5.74) is 0.604. The van der Waals surface area contributed by atoms with Crippen LogP contribution < -0.4 is 5.43 Å². The summed E-state index contributed by atoms with van der Waals surface area (Å²) in [6.45, 7) is 1.84. The highest BCUT2D eigenvalue weighted by Gasteiger charge is 2.15. The van der Waals surface area contributed by atoms with Crippen molar-refractivity contribution >= 4 is 0 Å². The summed E-state index contributed by atoms with van der Waals surface area (Å²) in [7, 11) is 0. The van der Waals surface area contributed by atoms with E-state index in [0.29, 0.717) is 12.0 Å². The van der Waals surface area contributed by atoms with Crippen LogP contribution >= 0.6 is 0 Å². The van der Waals surface area contributed by atoms with Gasteiger partial charge in [0.25, 0.3) is 0 Å². The van der Waals surface area contributed by atoms with Gasteiger partial charge in [-0.05, 0) is 12.5 Å². The molecule has 1 aromatic rings. The largest absolute Gasteiger partial charge is 0.388 e. The van der Waals surface area contributed by atoms with E-state index in [1.807, 2.05) is 6.92 Å². The third kappa shape index (κ3) is 0.793. The van der Waals surface area contributed by atoms with Crippen molar-refractivity contribution in [3.8, 4) is 0 Å². The molecule has 0 saturated heterocycles. The lowest BCUT2D eigenvalue weighted by molar-refractivity contribution is 0.177. The summed E-state index contributed by atoms with van der Waals surface area (Å²) in [5, 5.41) is 8.88. The van der Waals surface area contributed by atoms with Crippen LogP contribution in [0.1, 0.15) is 25.0 Å². The first kappa shape index (κ1) is 5.51. The molecule has 2 heteroatoms. The summed E-state index contributed by atoms with van der Waals surface area (Å²) in [6, 6.07) is 1.47. The lowest BCUT2D eigenvalue weighted by atomic mass is 10.2. The highest BCUT2D eigenvalue weighted by Crippen LogP contribution is 2.13. The van der Waals surface area contributed by atoms with Gasteiger partial charge >= 0.3 is 0 Å². The predicted molar refractivity (Wildman–Crippen MR) is 30.3 cm³/mol. The summed E-state index contributed by atoms with van der Waals surface area (Å²) < 4.78 is 0. The Morgan fingerprint density at radius 3 is 2.50 bits per heavy atom. The van der Waals surface area contributed by atoms with Crippen molar-refractivity contribution in [3.05, 3.63) is 21.9 Å². The molecular formula is C6H8O2. The minimum atomic E-state index is -0.498. The van der Waals surface area contributed by atoms with Crippen LogP contribution in [0.4, 0.5) is 0 Å². The molecule has 0 fully saturated rings. The molecule has 0 spiro atoms. The molecule has 2 nitrogen and oxygen atoms in total. The fourth-order valence-corrected chi connectivity index (χ4v) is 0.585. The highest BCUT2D eigenvalue weighted by molar-refractivity contribution is 5.25. The average Bonchev–Trinajstić information content (AvgIpc) is 2.45. The first-order valence-electron chi connectivity index (χ1n) is 2.69. The van der Waals surface area contributed by atoms with Crippen molar-refractivity contribution < 1.29 is 5.11 Å². The molecule has 0 radical (unpaired) electrons. The molecule has 0 aliphatic heterocycles. The van der Waals surface area contributed by atoms with Gasteiger partial charge in [-0.2, -0.15) is 0 Å². The van der Waals surface area contributed by atoms with Crippen molar-refractivity contribution in [3.63, 3.8) is 0 Å². The van der Waals surface area contributed by atoms with Crippen LogP contribution in [0.25, 0.3) is 0 Å². The van der Waals surface area contributed by atoms with Crippen LogP contribution in [-0.4, -0.2) is 5.11 Å². The Bertz CT molecular complexity index is 184. The zero-order chi connectivity index (χ0) is 6.15. The second-order valence-corrected chi connectivity index (χ2v) is 1.89. The van der Waals surface area contributed by atoms with Crippen LogP contribution in [0.5, 0.6) is 0 Å². The lowest BCUT2D eigenvalue weighted by Gasteiger charge is -1.95. The van der Waals surface area contributed by atoms with Crippen molar-refractivity contribution in [2.75, 3.05) is 0 Å². The maximum atomic E-state index is 10.2. The molecule has 0 aliphatic carbocycles. The van der Waals surface area contributed by atoms with Gasteiger partial charge in [-0.15, -0.1) is 0 Å². The molecule has 8 heavy (non-hydrogen) atoms. The summed E-state index contributed by atoms with van der Waals surface area (Å²) in [4.78, 5) is 10.2. The molecule has 0 heterocycles. The molecular weight excluding hydrogens is 104 g/mol. The quantitative estimate of drug-likeness (QED) is 0.600. The second-order valence-electron chi connectivity index (χ2n) is 1.89. The Kier molecular flexibility index (Phi) is 1.18. The van der Waals surface area contributed by atoms with Gasteiger partial charge in [0.05, 0.1) is 6.10 Å². The second kappa shape index (κ2) is 1.71. The van der Waals surface area contributed by atoms with E-state index < -0.39 is 6.10 Å². The van der Waals surface area contributed by atoms with E-state index in [0.717, 1.165) is 0 Å². The Hall–Kier alpha value is -0.630. The van der Waals surface area contributed by atoms with E-state index >= 15 is 0 Å². The number of hydrogen-bond acceptors (Lipinski definition) is 2. The minimum Gasteiger partial charge on any atom is -0.388 e. The van der Waals surface area contributed by atoms with Crippen molar-refractivity contribution in [2.45, 2.75) is 19.4 Å².